The van der Waals surface area contributed by atoms with Gasteiger partial charge in [-0.1, -0.05) is 137 Å². The molecule has 0 amide bonds. The van der Waals surface area contributed by atoms with Gasteiger partial charge in [-0.2, -0.15) is 0 Å². The third-order valence-electron chi connectivity index (χ3n) is 10.7. The van der Waals surface area contributed by atoms with Gasteiger partial charge in [-0.05, 0) is 75.2 Å². The minimum atomic E-state index is 0.255. The molecule has 250 valence electrons. The van der Waals surface area contributed by atoms with E-state index >= 15 is 0 Å². The summed E-state index contributed by atoms with van der Waals surface area (Å²) in [5, 5.41) is 7.78. The van der Waals surface area contributed by atoms with Crippen molar-refractivity contribution in [2.75, 3.05) is 0 Å². The Bertz CT molecular complexity index is 2990. The van der Waals surface area contributed by atoms with Gasteiger partial charge in [-0.3, -0.25) is 4.57 Å². The van der Waals surface area contributed by atoms with Crippen molar-refractivity contribution in [3.8, 4) is 28.2 Å². The molecule has 3 heterocycles. The number of furan rings is 1. The predicted octanol–water partition coefficient (Wildman–Crippen LogP) is 13.4. The van der Waals surface area contributed by atoms with Gasteiger partial charge in [0.05, 0.1) is 27.8 Å². The number of fused-ring (bicyclic) bond motifs is 9. The maximum atomic E-state index is 6.84. The Hall–Kier alpha value is -6.26. The lowest BCUT2D eigenvalue weighted by Crippen LogP contribution is -2.09. The summed E-state index contributed by atoms with van der Waals surface area (Å²) in [7, 11) is 0. The van der Waals surface area contributed by atoms with Gasteiger partial charge in [-0.15, -0.1) is 0 Å². The van der Waals surface area contributed by atoms with Gasteiger partial charge < -0.3 is 4.42 Å². The SMILES string of the molecule is CC(C)c1cc(-c2ccccc2)cc(C(C)C)c1-n1c(-c2cccc3c2oc2nc4c(ccc5ccccc54)cc23)nc2ccc3ccccc3c21. The fraction of sp³-hybridized carbons (Fsp3) is 0.125. The molecule has 0 radical (unpaired) electrons. The van der Waals surface area contributed by atoms with Crippen molar-refractivity contribution in [2.24, 2.45) is 0 Å². The Morgan fingerprint density at radius 2 is 1.15 bits per heavy atom. The molecule has 0 unspecified atom stereocenters. The zero-order valence-electron chi connectivity index (χ0n) is 29.7. The molecule has 7 aromatic carbocycles. The standard InChI is InChI=1S/C48H37N3O/c1-28(2)39-26-34(30-13-6-5-7-14-30)27-40(29(3)4)44(39)51-45-36-18-11-9-16-32(36)23-24-42(45)49-47(51)38-20-12-19-37-41-25-33-22-21-31-15-8-10-17-35(31)43(33)50-48(41)52-46(37)38/h5-29H,1-4H3. The summed E-state index contributed by atoms with van der Waals surface area (Å²) >= 11 is 0. The Labute approximate surface area is 302 Å². The number of aromatic nitrogens is 3. The van der Waals surface area contributed by atoms with Gasteiger partial charge in [0.25, 0.3) is 0 Å². The second-order valence-corrected chi connectivity index (χ2v) is 14.6. The third-order valence-corrected chi connectivity index (χ3v) is 10.7. The van der Waals surface area contributed by atoms with E-state index in [9.17, 15) is 0 Å². The van der Waals surface area contributed by atoms with Crippen LogP contribution in [-0.2, 0) is 0 Å². The molecule has 0 fully saturated rings. The molecular formula is C48H37N3O. The molecule has 0 aliphatic carbocycles. The number of benzene rings is 7. The van der Waals surface area contributed by atoms with Gasteiger partial charge in [-0.25, -0.2) is 9.97 Å². The number of hydrogen-bond acceptors (Lipinski definition) is 3. The van der Waals surface area contributed by atoms with Crippen LogP contribution < -0.4 is 0 Å². The first kappa shape index (κ1) is 30.6. The van der Waals surface area contributed by atoms with E-state index < -0.39 is 0 Å². The quantitative estimate of drug-likeness (QED) is 0.171. The van der Waals surface area contributed by atoms with E-state index in [1.54, 1.807) is 0 Å². The lowest BCUT2D eigenvalue weighted by Gasteiger charge is -2.24. The molecule has 52 heavy (non-hydrogen) atoms. The lowest BCUT2D eigenvalue weighted by molar-refractivity contribution is 0.656. The first-order chi connectivity index (χ1) is 25.4. The largest absolute Gasteiger partial charge is 0.437 e. The second kappa shape index (κ2) is 11.6. The number of hydrogen-bond donors (Lipinski definition) is 0. The van der Waals surface area contributed by atoms with Crippen LogP contribution >= 0.6 is 0 Å². The van der Waals surface area contributed by atoms with Crippen molar-refractivity contribution in [1.29, 1.82) is 0 Å². The molecule has 0 saturated carbocycles. The van der Waals surface area contributed by atoms with Crippen LogP contribution in [0.3, 0.4) is 0 Å². The molecule has 3 aromatic heterocycles. The lowest BCUT2D eigenvalue weighted by atomic mass is 9.88. The molecule has 0 bridgehead atoms. The van der Waals surface area contributed by atoms with E-state index in [4.69, 9.17) is 14.4 Å². The Kier molecular flexibility index (Phi) is 6.84. The molecule has 0 N–H and O–H groups in total. The minimum Gasteiger partial charge on any atom is -0.437 e. The van der Waals surface area contributed by atoms with Crippen LogP contribution in [-0.4, -0.2) is 14.5 Å². The van der Waals surface area contributed by atoms with E-state index in [0.29, 0.717) is 5.71 Å². The Balaban J connectivity index is 1.33. The molecule has 0 aliphatic rings. The predicted molar refractivity (Wildman–Crippen MR) is 218 cm³/mol. The summed E-state index contributed by atoms with van der Waals surface area (Å²) in [6.07, 6.45) is 0. The summed E-state index contributed by atoms with van der Waals surface area (Å²) in [6, 6.07) is 49.9. The van der Waals surface area contributed by atoms with E-state index in [1.807, 2.05) is 0 Å². The maximum Gasteiger partial charge on any atom is 0.227 e. The normalized spacial score (nSPS) is 12.2. The number of para-hydroxylation sites is 1. The second-order valence-electron chi connectivity index (χ2n) is 14.6. The molecular weight excluding hydrogens is 635 g/mol. The van der Waals surface area contributed by atoms with Crippen molar-refractivity contribution < 1.29 is 4.42 Å². The molecule has 0 atom stereocenters. The molecule has 10 aromatic rings. The van der Waals surface area contributed by atoms with Gasteiger partial charge in [0, 0.05) is 26.9 Å². The van der Waals surface area contributed by atoms with Crippen LogP contribution in [0.15, 0.2) is 144 Å². The molecule has 4 heteroatoms. The topological polar surface area (TPSA) is 43.9 Å². The zero-order valence-corrected chi connectivity index (χ0v) is 29.7. The van der Waals surface area contributed by atoms with Crippen LogP contribution in [0.5, 0.6) is 0 Å². The summed E-state index contributed by atoms with van der Waals surface area (Å²) in [6.45, 7) is 9.20. The van der Waals surface area contributed by atoms with E-state index in [0.717, 1.165) is 55.1 Å². The average molecular weight is 672 g/mol. The van der Waals surface area contributed by atoms with E-state index in [1.165, 1.54) is 44.1 Å². The fourth-order valence-electron chi connectivity index (χ4n) is 8.15. The van der Waals surface area contributed by atoms with Gasteiger partial charge in [0.15, 0.2) is 0 Å². The van der Waals surface area contributed by atoms with Crippen LogP contribution in [0.25, 0.3) is 93.8 Å². The van der Waals surface area contributed by atoms with Crippen LogP contribution in [0, 0.1) is 0 Å². The zero-order chi connectivity index (χ0) is 35.1. The number of nitrogens with zero attached hydrogens (tertiary/aromatic N) is 3. The van der Waals surface area contributed by atoms with E-state index in [-0.39, 0.29) is 11.8 Å². The summed E-state index contributed by atoms with van der Waals surface area (Å²) in [5.41, 5.74) is 11.6. The van der Waals surface area contributed by atoms with Crippen molar-refractivity contribution >= 4 is 65.6 Å². The number of imidazole rings is 1. The summed E-state index contributed by atoms with van der Waals surface area (Å²) < 4.78 is 9.28. The number of rotatable bonds is 5. The van der Waals surface area contributed by atoms with Gasteiger partial charge in [0.2, 0.25) is 5.71 Å². The molecule has 0 saturated heterocycles. The average Bonchev–Trinajstić information content (AvgIpc) is 3.75. The van der Waals surface area contributed by atoms with Gasteiger partial charge in [0.1, 0.15) is 11.4 Å². The maximum absolute atomic E-state index is 6.84. The number of pyridine rings is 1. The highest BCUT2D eigenvalue weighted by Crippen LogP contribution is 2.44. The smallest absolute Gasteiger partial charge is 0.227 e. The first-order valence-electron chi connectivity index (χ1n) is 18.2. The van der Waals surface area contributed by atoms with E-state index in [2.05, 4.69) is 172 Å². The highest BCUT2D eigenvalue weighted by atomic mass is 16.3. The van der Waals surface area contributed by atoms with Crippen molar-refractivity contribution in [1.82, 2.24) is 14.5 Å². The highest BCUT2D eigenvalue weighted by molar-refractivity contribution is 6.15. The van der Waals surface area contributed by atoms with Gasteiger partial charge >= 0.3 is 0 Å². The van der Waals surface area contributed by atoms with Crippen molar-refractivity contribution in [3.63, 3.8) is 0 Å². The molecule has 0 spiro atoms. The molecule has 4 nitrogen and oxygen atoms in total. The van der Waals surface area contributed by atoms with Crippen LogP contribution in [0.4, 0.5) is 0 Å². The Morgan fingerprint density at radius 3 is 1.90 bits per heavy atom. The first-order valence-corrected chi connectivity index (χ1v) is 18.2. The summed E-state index contributed by atoms with van der Waals surface area (Å²) in [4.78, 5) is 10.7. The Morgan fingerprint density at radius 1 is 0.519 bits per heavy atom. The summed E-state index contributed by atoms with van der Waals surface area (Å²) in [5.74, 6) is 1.37. The monoisotopic (exact) mass is 671 g/mol. The van der Waals surface area contributed by atoms with Crippen molar-refractivity contribution in [3.05, 3.63) is 151 Å². The highest BCUT2D eigenvalue weighted by Gasteiger charge is 2.26. The minimum absolute atomic E-state index is 0.255. The van der Waals surface area contributed by atoms with Crippen LogP contribution in [0.2, 0.25) is 0 Å². The third kappa shape index (κ3) is 4.60. The van der Waals surface area contributed by atoms with Crippen LogP contribution in [0.1, 0.15) is 50.7 Å². The molecule has 0 aliphatic heterocycles. The molecule has 10 rings (SSSR count). The fourth-order valence-corrected chi connectivity index (χ4v) is 8.15. The van der Waals surface area contributed by atoms with Crippen molar-refractivity contribution in [2.45, 2.75) is 39.5 Å².